The van der Waals surface area contributed by atoms with E-state index in [1.165, 1.54) is 34.4 Å². The maximum absolute atomic E-state index is 15.2. The number of anilines is 1. The number of rotatable bonds is 19. The van der Waals surface area contributed by atoms with Gasteiger partial charge in [-0.25, -0.2) is 29.5 Å². The van der Waals surface area contributed by atoms with Crippen molar-refractivity contribution in [2.75, 3.05) is 25.1 Å². The Balaban J connectivity index is 1.25. The summed E-state index contributed by atoms with van der Waals surface area (Å²) in [5.41, 5.74) is 0.398. The van der Waals surface area contributed by atoms with E-state index in [0.29, 0.717) is 5.56 Å². The molecule has 0 saturated carbocycles. The van der Waals surface area contributed by atoms with E-state index in [0.717, 1.165) is 0 Å². The number of hydrogen-bond donors (Lipinski definition) is 4. The van der Waals surface area contributed by atoms with Gasteiger partial charge in [0.15, 0.2) is 63.3 Å². The maximum Gasteiger partial charge on any atom is 0.695 e. The van der Waals surface area contributed by atoms with Gasteiger partial charge in [0, 0.05) is 10.1 Å². The molecule has 7 rings (SSSR count). The van der Waals surface area contributed by atoms with Crippen LogP contribution in [0.25, 0.3) is 22.3 Å². The van der Waals surface area contributed by atoms with Gasteiger partial charge in [-0.2, -0.15) is 5.26 Å². The Bertz CT molecular complexity index is 2830. The van der Waals surface area contributed by atoms with Crippen LogP contribution >= 0.6 is 16.1 Å². The highest BCUT2D eigenvalue weighted by Gasteiger charge is 2.58. The molecule has 2 fully saturated rings. The highest BCUT2D eigenvalue weighted by Crippen LogP contribution is 2.56. The Labute approximate surface area is 406 Å². The predicted octanol–water partition coefficient (Wildman–Crippen LogP) is 6.25. The summed E-state index contributed by atoms with van der Waals surface area (Å²) in [6, 6.07) is 10.4. The van der Waals surface area contributed by atoms with Crippen LogP contribution in [0.3, 0.4) is 0 Å². The highest BCUT2D eigenvalue weighted by molar-refractivity contribution is 7.48. The fourth-order valence-electron chi connectivity index (χ4n) is 7.35. The van der Waals surface area contributed by atoms with E-state index >= 15 is 4.57 Å². The number of aromatic amines is 1. The molecule has 1 aromatic carbocycles. The van der Waals surface area contributed by atoms with Crippen LogP contribution in [-0.2, 0) is 45.6 Å². The molecule has 2 aliphatic heterocycles. The zero-order chi connectivity index (χ0) is 51.0. The number of phosphoric acid groups is 1. The molecule has 5 aromatic rings. The van der Waals surface area contributed by atoms with Crippen LogP contribution < -0.4 is 10.9 Å². The first-order valence-electron chi connectivity index (χ1n) is 22.4. The normalized spacial score (nSPS) is 24.5. The summed E-state index contributed by atoms with van der Waals surface area (Å²) >= 11 is 0. The second-order valence-corrected chi connectivity index (χ2v) is 31.6. The van der Waals surface area contributed by atoms with Gasteiger partial charge in [0.1, 0.15) is 36.8 Å². The number of aliphatic hydroxyl groups is 1. The van der Waals surface area contributed by atoms with Crippen molar-refractivity contribution in [1.82, 2.24) is 39.0 Å². The topological polar surface area (TPSA) is 309 Å². The first-order valence-corrected chi connectivity index (χ1v) is 30.8. The molecule has 0 bridgehead atoms. The minimum Gasteiger partial charge on any atom is -0.407 e. The molecule has 2 aliphatic rings. The third-order valence-corrected chi connectivity index (χ3v) is 23.9. The van der Waals surface area contributed by atoms with Crippen molar-refractivity contribution >= 4 is 66.8 Å². The van der Waals surface area contributed by atoms with Gasteiger partial charge in [-0.05, 0) is 48.4 Å². The second kappa shape index (κ2) is 20.9. The Hall–Kier alpha value is -4.56. The van der Waals surface area contributed by atoms with E-state index < -0.39 is 118 Å². The molecule has 10 atom stereocenters. The zero-order valence-electron chi connectivity index (χ0n) is 40.4. The zero-order valence-corrected chi connectivity index (χ0v) is 44.2. The van der Waals surface area contributed by atoms with E-state index in [1.807, 2.05) is 73.8 Å². The Kier molecular flexibility index (Phi) is 15.9. The number of imidazole rings is 2. The van der Waals surface area contributed by atoms with E-state index in [-0.39, 0.29) is 39.6 Å². The van der Waals surface area contributed by atoms with Gasteiger partial charge in [-0.15, -0.1) is 9.42 Å². The number of H-pyrrole nitrogens is 1. The number of ether oxygens (including phenoxy) is 2. The largest absolute Gasteiger partial charge is 0.695 e. The molecule has 0 radical (unpaired) electrons. The first kappa shape index (κ1) is 53.2. The summed E-state index contributed by atoms with van der Waals surface area (Å²) in [4.78, 5) is 60.6. The molecule has 4 aromatic heterocycles. The third-order valence-electron chi connectivity index (χ3n) is 13.1. The number of aromatic nitrogens is 8. The van der Waals surface area contributed by atoms with Crippen LogP contribution in [0.1, 0.15) is 70.8 Å². The van der Waals surface area contributed by atoms with Gasteiger partial charge in [0.25, 0.3) is 11.5 Å². The molecular weight excluding hydrogens is 987 g/mol. The number of hydrogen-bond acceptors (Lipinski definition) is 19. The SMILES string of the molecule is CC(C)(C)[Si](C)(C)O[C@H]1C(n2cnc3c(NC(=O)c4ccccc4)ncnc32)OC(COP(=O)(OCCC#N)O[C@@H]2C(CO)OC(n3cnc4c(=O)[nH]cnc43)[C@@H]2O[Si](C)(C)C(C)(C)C)[C@H]1O[P+](=O)O. The summed E-state index contributed by atoms with van der Waals surface area (Å²) in [5.74, 6) is -0.350. The van der Waals surface area contributed by atoms with E-state index in [2.05, 4.69) is 35.2 Å². The molecule has 2 saturated heterocycles. The lowest BCUT2D eigenvalue weighted by Crippen LogP contribution is -2.49. The Morgan fingerprint density at radius 3 is 2.04 bits per heavy atom. The van der Waals surface area contributed by atoms with Crippen molar-refractivity contribution in [2.45, 2.75) is 133 Å². The minimum absolute atomic E-state index is 0.00875. The van der Waals surface area contributed by atoms with Crippen molar-refractivity contribution in [3.63, 3.8) is 0 Å². The lowest BCUT2D eigenvalue weighted by atomic mass is 10.1. The number of fused-ring (bicyclic) bond motifs is 2. The van der Waals surface area contributed by atoms with Crippen LogP contribution in [0.2, 0.25) is 36.3 Å². The molecule has 4 N–H and O–H groups in total. The van der Waals surface area contributed by atoms with Crippen molar-refractivity contribution in [1.29, 1.82) is 5.26 Å². The molecule has 6 heterocycles. The average Bonchev–Trinajstić information content (AvgIpc) is 4.07. The number of nitriles is 1. The van der Waals surface area contributed by atoms with E-state index in [9.17, 15) is 29.4 Å². The first-order chi connectivity index (χ1) is 32.9. The van der Waals surface area contributed by atoms with Crippen molar-refractivity contribution in [3.8, 4) is 6.07 Å². The summed E-state index contributed by atoms with van der Waals surface area (Å²) in [7, 11) is -13.8. The molecule has 378 valence electrons. The minimum atomic E-state index is -4.90. The summed E-state index contributed by atoms with van der Waals surface area (Å²) in [6.45, 7) is 18.1. The van der Waals surface area contributed by atoms with Gasteiger partial charge in [-0.1, -0.05) is 59.7 Å². The number of carbonyl (C=O) groups is 1. The van der Waals surface area contributed by atoms with E-state index in [4.69, 9.17) is 36.4 Å². The number of aliphatic hydroxyl groups excluding tert-OH is 1. The number of phosphoric ester groups is 1. The van der Waals surface area contributed by atoms with Crippen LogP contribution in [0, 0.1) is 11.3 Å². The van der Waals surface area contributed by atoms with Crippen LogP contribution in [0.4, 0.5) is 5.82 Å². The number of nitrogens with one attached hydrogen (secondary N) is 2. The molecular formula is C42H59N10O14P2Si2+. The average molecular weight is 1050 g/mol. The Morgan fingerprint density at radius 1 is 0.871 bits per heavy atom. The maximum atomic E-state index is 15.2. The molecule has 28 heteroatoms. The van der Waals surface area contributed by atoms with Gasteiger partial charge in [0.05, 0.1) is 51.3 Å². The highest BCUT2D eigenvalue weighted by atomic mass is 31.2. The Morgan fingerprint density at radius 2 is 1.46 bits per heavy atom. The quantitative estimate of drug-likeness (QED) is 0.0403. The fraction of sp³-hybridized carbons (Fsp3) is 0.571. The van der Waals surface area contributed by atoms with Crippen molar-refractivity contribution in [2.24, 2.45) is 0 Å². The third kappa shape index (κ3) is 11.2. The van der Waals surface area contributed by atoms with Crippen LogP contribution in [-0.4, -0.2) is 128 Å². The smallest absolute Gasteiger partial charge is 0.407 e. The molecule has 0 aliphatic carbocycles. The van der Waals surface area contributed by atoms with Crippen molar-refractivity contribution < 1.29 is 60.3 Å². The number of carbonyl (C=O) groups excluding carboxylic acids is 1. The van der Waals surface area contributed by atoms with Gasteiger partial charge >= 0.3 is 16.1 Å². The van der Waals surface area contributed by atoms with Gasteiger partial charge in [0.2, 0.25) is 0 Å². The standard InChI is InChI=1S/C42H58N10O14P2Si2/c1-41(2,3)69(7,8)65-32-30(63-67(56)57)27(62-39(32)51-23-48-28-34(44-21-45-35(28)51)50-37(54)25-15-12-11-13-16-25)20-60-68(58,59-18-14-17-43)64-31-26(19-53)61-40(33(31)66-70(9,10)42(4,5)6)52-24-49-29-36(52)46-22-47-38(29)55/h11-13,15-16,21-24,26-27,30-33,39-40,53H,14,18-20H2,1-10H3,(H2-,44,45,46,47,50,54,55,56,57)/p+1/t26?,27?,30-,31-,32-,33-,39?,40?,68?/m1/s1. The van der Waals surface area contributed by atoms with E-state index in [1.54, 1.807) is 30.3 Å². The molecule has 1 amide bonds. The van der Waals surface area contributed by atoms with Crippen LogP contribution in [0.15, 0.2) is 60.4 Å². The summed E-state index contributed by atoms with van der Waals surface area (Å²) in [5, 5.41) is 22.3. The number of nitrogens with zero attached hydrogens (tertiary/aromatic N) is 8. The number of benzene rings is 1. The molecule has 6 unspecified atom stereocenters. The van der Waals surface area contributed by atoms with Gasteiger partial charge < -0.3 is 33.7 Å². The predicted molar refractivity (Wildman–Crippen MR) is 256 cm³/mol. The summed E-state index contributed by atoms with van der Waals surface area (Å²) < 4.78 is 81.7. The van der Waals surface area contributed by atoms with Gasteiger partial charge in [-0.3, -0.25) is 32.3 Å². The lowest BCUT2D eigenvalue weighted by Gasteiger charge is -2.40. The summed E-state index contributed by atoms with van der Waals surface area (Å²) in [6.07, 6.45) is -5.08. The monoisotopic (exact) mass is 1050 g/mol. The lowest BCUT2D eigenvalue weighted by molar-refractivity contribution is -0.0593. The molecule has 24 nitrogen and oxygen atoms in total. The van der Waals surface area contributed by atoms with Crippen molar-refractivity contribution in [3.05, 3.63) is 71.6 Å². The fourth-order valence-corrected chi connectivity index (χ4v) is 11.8. The van der Waals surface area contributed by atoms with Crippen LogP contribution in [0.5, 0.6) is 0 Å². The second-order valence-electron chi connectivity index (χ2n) is 19.8. The number of amides is 1. The molecule has 70 heavy (non-hydrogen) atoms. The molecule has 0 spiro atoms.